The minimum atomic E-state index is -0.293. The standard InChI is InChI=1S/C14H13Cl2FN2/c1-18-14(13-5-2-10(15)8-19-13)7-9-6-11(17)3-4-12(9)16/h2-6,8,14,18H,7H2,1H3. The van der Waals surface area contributed by atoms with Gasteiger partial charge in [0.15, 0.2) is 0 Å². The number of hydrogen-bond donors (Lipinski definition) is 1. The molecule has 0 spiro atoms. The summed E-state index contributed by atoms with van der Waals surface area (Å²) in [5, 5.41) is 4.28. The van der Waals surface area contributed by atoms with Crippen LogP contribution >= 0.6 is 23.2 Å². The highest BCUT2D eigenvalue weighted by atomic mass is 35.5. The maximum atomic E-state index is 13.2. The zero-order chi connectivity index (χ0) is 13.8. The van der Waals surface area contributed by atoms with Gasteiger partial charge < -0.3 is 5.32 Å². The van der Waals surface area contributed by atoms with Gasteiger partial charge in [-0.25, -0.2) is 4.39 Å². The fraction of sp³-hybridized carbons (Fsp3) is 0.214. The normalized spacial score (nSPS) is 12.4. The van der Waals surface area contributed by atoms with E-state index in [1.807, 2.05) is 13.1 Å². The van der Waals surface area contributed by atoms with Crippen LogP contribution in [0.5, 0.6) is 0 Å². The first kappa shape index (κ1) is 14.3. The Labute approximate surface area is 121 Å². The maximum absolute atomic E-state index is 13.2. The predicted octanol–water partition coefficient (Wildman–Crippen LogP) is 4.03. The number of nitrogens with zero attached hydrogens (tertiary/aromatic N) is 1. The Hall–Kier alpha value is -1.16. The molecule has 1 aromatic carbocycles. The summed E-state index contributed by atoms with van der Waals surface area (Å²) in [7, 11) is 1.83. The molecule has 1 unspecified atom stereocenters. The van der Waals surface area contributed by atoms with Crippen molar-refractivity contribution in [3.8, 4) is 0 Å². The van der Waals surface area contributed by atoms with Crippen molar-refractivity contribution in [3.63, 3.8) is 0 Å². The molecule has 0 aliphatic carbocycles. The summed E-state index contributed by atoms with van der Waals surface area (Å²) in [6.07, 6.45) is 2.15. The molecular formula is C14H13Cl2FN2. The van der Waals surface area contributed by atoms with Crippen LogP contribution in [-0.4, -0.2) is 12.0 Å². The molecule has 2 aromatic rings. The molecule has 0 aliphatic rings. The maximum Gasteiger partial charge on any atom is 0.123 e. The number of benzene rings is 1. The van der Waals surface area contributed by atoms with Gasteiger partial charge >= 0.3 is 0 Å². The Morgan fingerprint density at radius 2 is 2.05 bits per heavy atom. The summed E-state index contributed by atoms with van der Waals surface area (Å²) in [5.41, 5.74) is 1.59. The van der Waals surface area contributed by atoms with Gasteiger partial charge in [0.25, 0.3) is 0 Å². The molecule has 0 fully saturated rings. The Bertz CT molecular complexity index is 558. The largest absolute Gasteiger partial charge is 0.311 e. The summed E-state index contributed by atoms with van der Waals surface area (Å²) in [4.78, 5) is 4.27. The van der Waals surface area contributed by atoms with Crippen LogP contribution in [-0.2, 0) is 6.42 Å². The van der Waals surface area contributed by atoms with E-state index < -0.39 is 0 Å². The highest BCUT2D eigenvalue weighted by Crippen LogP contribution is 2.24. The summed E-state index contributed by atoms with van der Waals surface area (Å²) >= 11 is 11.9. The van der Waals surface area contributed by atoms with Crippen LogP contribution in [0.2, 0.25) is 10.0 Å². The molecule has 0 saturated carbocycles. The van der Waals surface area contributed by atoms with Gasteiger partial charge in [-0.2, -0.15) is 0 Å². The van der Waals surface area contributed by atoms with E-state index in [4.69, 9.17) is 23.2 Å². The monoisotopic (exact) mass is 298 g/mol. The topological polar surface area (TPSA) is 24.9 Å². The molecule has 0 radical (unpaired) electrons. The third kappa shape index (κ3) is 3.66. The van der Waals surface area contributed by atoms with Gasteiger partial charge in [0.05, 0.1) is 16.8 Å². The molecule has 2 rings (SSSR count). The van der Waals surface area contributed by atoms with Gasteiger partial charge in [-0.15, -0.1) is 0 Å². The van der Waals surface area contributed by atoms with Crippen LogP contribution in [0.3, 0.4) is 0 Å². The average molecular weight is 299 g/mol. The number of likely N-dealkylation sites (N-methyl/N-ethyl adjacent to an activating group) is 1. The fourth-order valence-electron chi connectivity index (χ4n) is 1.87. The molecule has 0 aliphatic heterocycles. The molecular weight excluding hydrogens is 286 g/mol. The second-order valence-electron chi connectivity index (χ2n) is 4.18. The van der Waals surface area contributed by atoms with E-state index >= 15 is 0 Å². The van der Waals surface area contributed by atoms with Crippen molar-refractivity contribution in [2.75, 3.05) is 7.05 Å². The highest BCUT2D eigenvalue weighted by molar-refractivity contribution is 6.31. The van der Waals surface area contributed by atoms with Crippen molar-refractivity contribution in [1.82, 2.24) is 10.3 Å². The lowest BCUT2D eigenvalue weighted by molar-refractivity contribution is 0.570. The van der Waals surface area contributed by atoms with Gasteiger partial charge in [-0.05, 0) is 49.4 Å². The summed E-state index contributed by atoms with van der Waals surface area (Å²) in [6, 6.07) is 7.94. The van der Waals surface area contributed by atoms with Gasteiger partial charge in [0.2, 0.25) is 0 Å². The molecule has 19 heavy (non-hydrogen) atoms. The van der Waals surface area contributed by atoms with Crippen LogP contribution in [0.25, 0.3) is 0 Å². The zero-order valence-electron chi connectivity index (χ0n) is 10.3. The quantitative estimate of drug-likeness (QED) is 0.922. The van der Waals surface area contributed by atoms with Crippen molar-refractivity contribution in [2.45, 2.75) is 12.5 Å². The van der Waals surface area contributed by atoms with Gasteiger partial charge in [0, 0.05) is 11.2 Å². The van der Waals surface area contributed by atoms with Crippen molar-refractivity contribution < 1.29 is 4.39 Å². The Balaban J connectivity index is 2.23. The molecule has 0 saturated heterocycles. The highest BCUT2D eigenvalue weighted by Gasteiger charge is 2.14. The van der Waals surface area contributed by atoms with Crippen LogP contribution in [0.15, 0.2) is 36.5 Å². The third-order valence-corrected chi connectivity index (χ3v) is 3.48. The molecule has 1 atom stereocenters. The molecule has 1 heterocycles. The first-order valence-corrected chi connectivity index (χ1v) is 6.58. The predicted molar refractivity (Wildman–Crippen MR) is 76.2 cm³/mol. The van der Waals surface area contributed by atoms with Gasteiger partial charge in [-0.3, -0.25) is 4.98 Å². The minimum Gasteiger partial charge on any atom is -0.311 e. The number of rotatable bonds is 4. The SMILES string of the molecule is CNC(Cc1cc(F)ccc1Cl)c1ccc(Cl)cn1. The first-order chi connectivity index (χ1) is 9.10. The van der Waals surface area contributed by atoms with Crippen molar-refractivity contribution in [2.24, 2.45) is 0 Å². The second kappa shape index (κ2) is 6.33. The molecule has 2 nitrogen and oxygen atoms in total. The number of nitrogens with one attached hydrogen (secondary N) is 1. The summed E-state index contributed by atoms with van der Waals surface area (Å²) in [6.45, 7) is 0. The molecule has 1 N–H and O–H groups in total. The second-order valence-corrected chi connectivity index (χ2v) is 5.03. The Morgan fingerprint density at radius 3 is 2.68 bits per heavy atom. The lowest BCUT2D eigenvalue weighted by atomic mass is 10.0. The van der Waals surface area contributed by atoms with Crippen LogP contribution in [0.4, 0.5) is 4.39 Å². The summed E-state index contributed by atoms with van der Waals surface area (Å²) in [5.74, 6) is -0.293. The number of halogens is 3. The number of pyridine rings is 1. The molecule has 100 valence electrons. The average Bonchev–Trinajstić information content (AvgIpc) is 2.41. The molecule has 5 heteroatoms. The van der Waals surface area contributed by atoms with E-state index in [1.165, 1.54) is 12.1 Å². The van der Waals surface area contributed by atoms with E-state index in [0.717, 1.165) is 11.3 Å². The Kier molecular flexibility index (Phi) is 4.75. The Morgan fingerprint density at radius 1 is 1.26 bits per heavy atom. The first-order valence-electron chi connectivity index (χ1n) is 5.83. The van der Waals surface area contributed by atoms with Crippen molar-refractivity contribution in [1.29, 1.82) is 0 Å². The molecule has 0 bridgehead atoms. The fourth-order valence-corrected chi connectivity index (χ4v) is 2.17. The van der Waals surface area contributed by atoms with Crippen molar-refractivity contribution in [3.05, 3.63) is 63.6 Å². The number of aromatic nitrogens is 1. The zero-order valence-corrected chi connectivity index (χ0v) is 11.8. The van der Waals surface area contributed by atoms with Crippen molar-refractivity contribution >= 4 is 23.2 Å². The van der Waals surface area contributed by atoms with E-state index in [9.17, 15) is 4.39 Å². The van der Waals surface area contributed by atoms with E-state index in [0.29, 0.717) is 16.5 Å². The van der Waals surface area contributed by atoms with Crippen LogP contribution in [0, 0.1) is 5.82 Å². The van der Waals surface area contributed by atoms with E-state index in [2.05, 4.69) is 10.3 Å². The lowest BCUT2D eigenvalue weighted by Crippen LogP contribution is -2.20. The smallest absolute Gasteiger partial charge is 0.123 e. The molecule has 0 amide bonds. The number of hydrogen-bond acceptors (Lipinski definition) is 2. The van der Waals surface area contributed by atoms with Gasteiger partial charge in [0.1, 0.15) is 5.82 Å². The van der Waals surface area contributed by atoms with Gasteiger partial charge in [-0.1, -0.05) is 23.2 Å². The van der Waals surface area contributed by atoms with E-state index in [1.54, 1.807) is 18.3 Å². The lowest BCUT2D eigenvalue weighted by Gasteiger charge is -2.16. The minimum absolute atomic E-state index is 0.0448. The molecule has 1 aromatic heterocycles. The van der Waals surface area contributed by atoms with Crippen LogP contribution in [0.1, 0.15) is 17.3 Å². The van der Waals surface area contributed by atoms with Crippen LogP contribution < -0.4 is 5.32 Å². The summed E-state index contributed by atoms with van der Waals surface area (Å²) < 4.78 is 13.2. The third-order valence-electron chi connectivity index (χ3n) is 2.89. The van der Waals surface area contributed by atoms with E-state index in [-0.39, 0.29) is 11.9 Å².